The third-order valence-electron chi connectivity index (χ3n) is 2.74. The first kappa shape index (κ1) is 11.2. The maximum absolute atomic E-state index is 10.6. The fourth-order valence-electron chi connectivity index (χ4n) is 1.78. The molecule has 2 heterocycles. The Morgan fingerprint density at radius 3 is 2.63 bits per heavy atom. The van der Waals surface area contributed by atoms with Crippen molar-refractivity contribution in [3.63, 3.8) is 0 Å². The minimum absolute atomic E-state index is 0.0607. The summed E-state index contributed by atoms with van der Waals surface area (Å²) in [5.74, 6) is 0.695. The van der Waals surface area contributed by atoms with Crippen molar-refractivity contribution < 1.29 is 9.34 Å². The van der Waals surface area contributed by atoms with Crippen molar-refractivity contribution in [3.05, 3.63) is 58.8 Å². The molecule has 1 N–H and O–H groups in total. The van der Waals surface area contributed by atoms with E-state index in [1.165, 1.54) is 12.1 Å². The summed E-state index contributed by atoms with van der Waals surface area (Å²) in [4.78, 5) is 10.2. The Morgan fingerprint density at radius 1 is 1.21 bits per heavy atom. The molecule has 0 fully saturated rings. The molecule has 0 saturated carbocycles. The van der Waals surface area contributed by atoms with Crippen molar-refractivity contribution in [2.24, 2.45) is 0 Å². The lowest BCUT2D eigenvalue weighted by Gasteiger charge is -1.95. The largest absolute Gasteiger partial charge is 0.463 e. The second kappa shape index (κ2) is 4.41. The molecular weight excluding hydrogens is 246 g/mol. The van der Waals surface area contributed by atoms with Crippen LogP contribution in [0.15, 0.2) is 53.1 Å². The number of nitrogens with one attached hydrogen (secondary N) is 1. The third kappa shape index (κ3) is 2.11. The van der Waals surface area contributed by atoms with Crippen molar-refractivity contribution in [1.29, 1.82) is 0 Å². The zero-order valence-electron chi connectivity index (χ0n) is 9.74. The van der Waals surface area contributed by atoms with E-state index in [1.807, 2.05) is 12.1 Å². The molecule has 3 rings (SSSR count). The molecule has 94 valence electrons. The molecule has 6 heteroatoms. The Kier molecular flexibility index (Phi) is 2.60. The van der Waals surface area contributed by atoms with Crippen LogP contribution in [0.3, 0.4) is 0 Å². The van der Waals surface area contributed by atoms with Gasteiger partial charge in [-0.3, -0.25) is 15.2 Å². The van der Waals surface area contributed by atoms with Gasteiger partial charge in [0.15, 0.2) is 5.76 Å². The van der Waals surface area contributed by atoms with E-state index >= 15 is 0 Å². The minimum Gasteiger partial charge on any atom is -0.463 e. The van der Waals surface area contributed by atoms with Crippen LogP contribution in [0.1, 0.15) is 0 Å². The first-order valence-corrected chi connectivity index (χ1v) is 5.58. The molecule has 0 spiro atoms. The highest BCUT2D eigenvalue weighted by atomic mass is 16.6. The quantitative estimate of drug-likeness (QED) is 0.575. The first-order chi connectivity index (χ1) is 9.24. The number of nitro benzene ring substituents is 1. The molecule has 0 unspecified atom stereocenters. The Labute approximate surface area is 107 Å². The Balaban J connectivity index is 1.92. The first-order valence-electron chi connectivity index (χ1n) is 5.58. The van der Waals surface area contributed by atoms with Crippen LogP contribution in [0, 0.1) is 10.1 Å². The number of hydrogen-bond donors (Lipinski definition) is 1. The summed E-state index contributed by atoms with van der Waals surface area (Å²) >= 11 is 0. The number of rotatable bonds is 3. The molecule has 0 aliphatic carbocycles. The van der Waals surface area contributed by atoms with Crippen LogP contribution in [0.2, 0.25) is 0 Å². The van der Waals surface area contributed by atoms with Crippen molar-refractivity contribution in [1.82, 2.24) is 10.2 Å². The van der Waals surface area contributed by atoms with Gasteiger partial charge in [0.2, 0.25) is 0 Å². The lowest BCUT2D eigenvalue weighted by molar-refractivity contribution is -0.384. The van der Waals surface area contributed by atoms with E-state index in [2.05, 4.69) is 10.2 Å². The van der Waals surface area contributed by atoms with E-state index in [0.717, 1.165) is 11.3 Å². The number of furan rings is 1. The van der Waals surface area contributed by atoms with Gasteiger partial charge in [-0.2, -0.15) is 5.10 Å². The van der Waals surface area contributed by atoms with E-state index in [0.29, 0.717) is 11.5 Å². The smallest absolute Gasteiger partial charge is 0.269 e. The van der Waals surface area contributed by atoms with Crippen molar-refractivity contribution in [2.45, 2.75) is 0 Å². The summed E-state index contributed by atoms with van der Waals surface area (Å²) in [6.07, 6.45) is 1.59. The maximum Gasteiger partial charge on any atom is 0.269 e. The fourth-order valence-corrected chi connectivity index (χ4v) is 1.78. The molecule has 3 aromatic rings. The van der Waals surface area contributed by atoms with Gasteiger partial charge in [0.25, 0.3) is 5.69 Å². The highest BCUT2D eigenvalue weighted by Gasteiger charge is 2.09. The number of benzene rings is 1. The molecule has 0 aliphatic heterocycles. The van der Waals surface area contributed by atoms with Gasteiger partial charge in [-0.15, -0.1) is 0 Å². The van der Waals surface area contributed by atoms with Crippen LogP contribution >= 0.6 is 0 Å². The Hall–Kier alpha value is -2.89. The van der Waals surface area contributed by atoms with Crippen LogP contribution in [0.4, 0.5) is 5.69 Å². The predicted molar refractivity (Wildman–Crippen MR) is 68.4 cm³/mol. The van der Waals surface area contributed by atoms with Crippen molar-refractivity contribution in [3.8, 4) is 22.7 Å². The molecule has 0 radical (unpaired) electrons. The number of nitrogens with zero attached hydrogens (tertiary/aromatic N) is 2. The minimum atomic E-state index is -0.428. The molecule has 2 aromatic heterocycles. The van der Waals surface area contributed by atoms with Gasteiger partial charge in [0, 0.05) is 17.7 Å². The van der Waals surface area contributed by atoms with Gasteiger partial charge in [0.1, 0.15) is 5.69 Å². The molecule has 0 bridgehead atoms. The Morgan fingerprint density at radius 2 is 2.00 bits per heavy atom. The van der Waals surface area contributed by atoms with Gasteiger partial charge in [-0.05, 0) is 30.3 Å². The van der Waals surface area contributed by atoms with Crippen molar-refractivity contribution >= 4 is 5.69 Å². The summed E-state index contributed by atoms with van der Waals surface area (Å²) in [5, 5.41) is 17.6. The lowest BCUT2D eigenvalue weighted by Crippen LogP contribution is -1.87. The maximum atomic E-state index is 10.6. The van der Waals surface area contributed by atoms with Gasteiger partial charge in [0.05, 0.1) is 16.9 Å². The predicted octanol–water partition coefficient (Wildman–Crippen LogP) is 3.24. The summed E-state index contributed by atoms with van der Waals surface area (Å²) in [7, 11) is 0. The number of non-ortho nitro benzene ring substituents is 1. The highest BCUT2D eigenvalue weighted by Crippen LogP contribution is 2.25. The van der Waals surface area contributed by atoms with Crippen LogP contribution in [0.25, 0.3) is 22.7 Å². The van der Waals surface area contributed by atoms with E-state index < -0.39 is 4.92 Å². The second-order valence-corrected chi connectivity index (χ2v) is 3.95. The van der Waals surface area contributed by atoms with Crippen LogP contribution in [-0.2, 0) is 0 Å². The molecule has 0 saturated heterocycles. The zero-order chi connectivity index (χ0) is 13.2. The molecule has 0 atom stereocenters. The SMILES string of the molecule is O=[N+]([O-])c1ccc(-c2cc(-c3ccco3)[nH]n2)cc1. The number of H-pyrrole nitrogens is 1. The van der Waals surface area contributed by atoms with Gasteiger partial charge >= 0.3 is 0 Å². The standard InChI is InChI=1S/C13H9N3O3/c17-16(18)10-5-3-9(4-6-10)11-8-12(15-14-11)13-2-1-7-19-13/h1-8H,(H,14,15). The Bertz CT molecular complexity index is 699. The molecular formula is C13H9N3O3. The van der Waals surface area contributed by atoms with E-state index in [1.54, 1.807) is 24.5 Å². The van der Waals surface area contributed by atoms with E-state index in [-0.39, 0.29) is 5.69 Å². The van der Waals surface area contributed by atoms with Crippen molar-refractivity contribution in [2.75, 3.05) is 0 Å². The highest BCUT2D eigenvalue weighted by molar-refractivity contribution is 5.66. The fraction of sp³-hybridized carbons (Fsp3) is 0. The van der Waals surface area contributed by atoms with E-state index in [9.17, 15) is 10.1 Å². The summed E-state index contributed by atoms with van der Waals surface area (Å²) in [5.41, 5.74) is 2.34. The molecule has 19 heavy (non-hydrogen) atoms. The van der Waals surface area contributed by atoms with Gasteiger partial charge < -0.3 is 4.42 Å². The second-order valence-electron chi connectivity index (χ2n) is 3.95. The van der Waals surface area contributed by atoms with Crippen LogP contribution in [-0.4, -0.2) is 15.1 Å². The molecule has 1 aromatic carbocycles. The molecule has 6 nitrogen and oxygen atoms in total. The summed E-state index contributed by atoms with van der Waals surface area (Å²) in [6, 6.07) is 11.7. The number of nitro groups is 1. The molecule has 0 aliphatic rings. The third-order valence-corrected chi connectivity index (χ3v) is 2.74. The monoisotopic (exact) mass is 255 g/mol. The van der Waals surface area contributed by atoms with Gasteiger partial charge in [-0.25, -0.2) is 0 Å². The topological polar surface area (TPSA) is 85.0 Å². The average Bonchev–Trinajstić information content (AvgIpc) is 3.10. The average molecular weight is 255 g/mol. The van der Waals surface area contributed by atoms with Crippen LogP contribution in [0.5, 0.6) is 0 Å². The summed E-state index contributed by atoms with van der Waals surface area (Å²) < 4.78 is 5.26. The summed E-state index contributed by atoms with van der Waals surface area (Å²) in [6.45, 7) is 0. The van der Waals surface area contributed by atoms with Crippen LogP contribution < -0.4 is 0 Å². The molecule has 0 amide bonds. The number of aromatic amines is 1. The van der Waals surface area contributed by atoms with E-state index in [4.69, 9.17) is 4.42 Å². The number of hydrogen-bond acceptors (Lipinski definition) is 4. The number of aromatic nitrogens is 2. The normalized spacial score (nSPS) is 10.5. The van der Waals surface area contributed by atoms with Gasteiger partial charge in [-0.1, -0.05) is 0 Å². The zero-order valence-corrected chi connectivity index (χ0v) is 9.74. The lowest BCUT2D eigenvalue weighted by atomic mass is 10.1.